The van der Waals surface area contributed by atoms with Crippen LogP contribution in [0.4, 0.5) is 0 Å². The molecular weight excluding hydrogens is 326 g/mol. The van der Waals surface area contributed by atoms with Crippen LogP contribution in [0, 0.1) is 0 Å². The normalized spacial score (nSPS) is 51.4. The third-order valence-electron chi connectivity index (χ3n) is 4.64. The van der Waals surface area contributed by atoms with E-state index in [1.54, 1.807) is 0 Å². The van der Waals surface area contributed by atoms with E-state index >= 15 is 0 Å². The zero-order chi connectivity index (χ0) is 18.2. The SMILES string of the molecule is NC1[C@@H](O[C@@H]2C(N)C[C@@H](N)C(O)[C@H]2O)OC([C@H](O)CO)[C@@H](O)[C@@H]1O. The summed E-state index contributed by atoms with van der Waals surface area (Å²) in [4.78, 5) is 0. The Morgan fingerprint density at radius 1 is 0.958 bits per heavy atom. The number of rotatable bonds is 4. The van der Waals surface area contributed by atoms with Crippen LogP contribution < -0.4 is 17.2 Å². The highest BCUT2D eigenvalue weighted by Crippen LogP contribution is 2.28. The first-order chi connectivity index (χ1) is 11.2. The van der Waals surface area contributed by atoms with Gasteiger partial charge >= 0.3 is 0 Å². The van der Waals surface area contributed by atoms with Crippen LogP contribution in [0.25, 0.3) is 0 Å². The van der Waals surface area contributed by atoms with Crippen molar-refractivity contribution in [2.75, 3.05) is 6.61 Å². The van der Waals surface area contributed by atoms with Crippen molar-refractivity contribution in [2.24, 2.45) is 17.2 Å². The Morgan fingerprint density at radius 2 is 1.58 bits per heavy atom. The molecule has 11 atom stereocenters. The first-order valence-corrected chi connectivity index (χ1v) is 7.77. The van der Waals surface area contributed by atoms with Crippen molar-refractivity contribution in [3.63, 3.8) is 0 Å². The maximum atomic E-state index is 10.1. The molecule has 1 saturated carbocycles. The summed E-state index contributed by atoms with van der Waals surface area (Å²) in [7, 11) is 0. The van der Waals surface area contributed by atoms with Crippen LogP contribution in [0.5, 0.6) is 0 Å². The lowest BCUT2D eigenvalue weighted by Gasteiger charge is -2.46. The van der Waals surface area contributed by atoms with Crippen molar-refractivity contribution in [1.82, 2.24) is 0 Å². The third-order valence-corrected chi connectivity index (χ3v) is 4.64. The molecule has 12 N–H and O–H groups in total. The van der Waals surface area contributed by atoms with E-state index in [0.717, 1.165) is 0 Å². The van der Waals surface area contributed by atoms with Crippen molar-refractivity contribution in [2.45, 2.75) is 73.6 Å². The first kappa shape index (κ1) is 19.9. The Balaban J connectivity index is 2.12. The van der Waals surface area contributed by atoms with Crippen LogP contribution in [0.2, 0.25) is 0 Å². The Morgan fingerprint density at radius 3 is 2.17 bits per heavy atom. The fraction of sp³-hybridized carbons (Fsp3) is 1.00. The average Bonchev–Trinajstić information content (AvgIpc) is 2.55. The van der Waals surface area contributed by atoms with E-state index in [1.807, 2.05) is 0 Å². The van der Waals surface area contributed by atoms with E-state index < -0.39 is 73.8 Å². The lowest BCUT2D eigenvalue weighted by molar-refractivity contribution is -0.303. The van der Waals surface area contributed by atoms with Crippen molar-refractivity contribution in [1.29, 1.82) is 0 Å². The average molecular weight is 353 g/mol. The van der Waals surface area contributed by atoms with Gasteiger partial charge < -0.3 is 57.3 Å². The molecule has 142 valence electrons. The van der Waals surface area contributed by atoms with E-state index in [9.17, 15) is 25.5 Å². The standard InChI is InChI=1S/C13H27N3O8/c14-3-1-4(15)11(9(21)7(3)19)23-13-6(16)8(20)10(22)12(24-13)5(18)2-17/h3-13,17-22H,1-2,14-16H2/t3-,4?,5-,6?,7?,8-,9-,10+,11-,12?,13+/m1/s1. The van der Waals surface area contributed by atoms with Gasteiger partial charge in [0, 0.05) is 12.1 Å². The van der Waals surface area contributed by atoms with Crippen LogP contribution in [0.15, 0.2) is 0 Å². The summed E-state index contributed by atoms with van der Waals surface area (Å²) in [5, 5.41) is 58.6. The highest BCUT2D eigenvalue weighted by atomic mass is 16.7. The monoisotopic (exact) mass is 353 g/mol. The minimum atomic E-state index is -1.54. The zero-order valence-electron chi connectivity index (χ0n) is 13.0. The molecule has 1 saturated heterocycles. The molecular formula is C13H27N3O8. The van der Waals surface area contributed by atoms with Gasteiger partial charge in [0.2, 0.25) is 0 Å². The summed E-state index contributed by atoms with van der Waals surface area (Å²) in [5.74, 6) is 0. The number of hydrogen-bond acceptors (Lipinski definition) is 11. The molecule has 0 aromatic heterocycles. The van der Waals surface area contributed by atoms with Crippen LogP contribution in [-0.2, 0) is 9.47 Å². The van der Waals surface area contributed by atoms with Crippen molar-refractivity contribution in [3.8, 4) is 0 Å². The molecule has 2 aliphatic rings. The Bertz CT molecular complexity index is 419. The fourth-order valence-electron chi connectivity index (χ4n) is 3.08. The van der Waals surface area contributed by atoms with Gasteiger partial charge in [0.15, 0.2) is 6.29 Å². The topological polar surface area (TPSA) is 218 Å². The largest absolute Gasteiger partial charge is 0.394 e. The molecule has 0 bridgehead atoms. The van der Waals surface area contributed by atoms with Gasteiger partial charge in [-0.3, -0.25) is 0 Å². The summed E-state index contributed by atoms with van der Waals surface area (Å²) < 4.78 is 10.9. The molecule has 1 aliphatic heterocycles. The van der Waals surface area contributed by atoms with Crippen molar-refractivity contribution >= 4 is 0 Å². The van der Waals surface area contributed by atoms with Crippen LogP contribution in [0.3, 0.4) is 0 Å². The number of ether oxygens (including phenoxy) is 2. The van der Waals surface area contributed by atoms with Gasteiger partial charge in [-0.15, -0.1) is 0 Å². The minimum Gasteiger partial charge on any atom is -0.394 e. The molecule has 0 spiro atoms. The number of nitrogens with two attached hydrogens (primary N) is 3. The van der Waals surface area contributed by atoms with Crippen LogP contribution >= 0.6 is 0 Å². The molecule has 11 heteroatoms. The maximum absolute atomic E-state index is 10.1. The number of hydrogen-bond donors (Lipinski definition) is 9. The summed E-state index contributed by atoms with van der Waals surface area (Å²) >= 11 is 0. The molecule has 0 amide bonds. The van der Waals surface area contributed by atoms with Gasteiger partial charge in [0.25, 0.3) is 0 Å². The Kier molecular flexibility index (Phi) is 6.50. The van der Waals surface area contributed by atoms with E-state index in [4.69, 9.17) is 31.8 Å². The number of aliphatic hydroxyl groups excluding tert-OH is 6. The predicted octanol–water partition coefficient (Wildman–Crippen LogP) is -5.72. The second kappa shape index (κ2) is 7.85. The molecule has 2 fully saturated rings. The van der Waals surface area contributed by atoms with Gasteiger partial charge in [-0.1, -0.05) is 0 Å². The first-order valence-electron chi connectivity index (χ1n) is 7.77. The minimum absolute atomic E-state index is 0.179. The molecule has 1 aliphatic carbocycles. The zero-order valence-corrected chi connectivity index (χ0v) is 13.0. The van der Waals surface area contributed by atoms with Gasteiger partial charge in [-0.05, 0) is 6.42 Å². The van der Waals surface area contributed by atoms with E-state index in [2.05, 4.69) is 0 Å². The lowest BCUT2D eigenvalue weighted by Crippen LogP contribution is -2.68. The molecule has 2 rings (SSSR count). The summed E-state index contributed by atoms with van der Waals surface area (Å²) in [5.41, 5.74) is 17.3. The molecule has 11 nitrogen and oxygen atoms in total. The van der Waals surface area contributed by atoms with Crippen LogP contribution in [-0.4, -0.2) is 104 Å². The molecule has 24 heavy (non-hydrogen) atoms. The smallest absolute Gasteiger partial charge is 0.176 e. The quantitative estimate of drug-likeness (QED) is 0.232. The second-order valence-electron chi connectivity index (χ2n) is 6.42. The highest BCUT2D eigenvalue weighted by Gasteiger charge is 2.49. The van der Waals surface area contributed by atoms with Gasteiger partial charge in [0.1, 0.15) is 36.6 Å². The summed E-state index contributed by atoms with van der Waals surface area (Å²) in [6.45, 7) is -0.713. The highest BCUT2D eigenvalue weighted by molar-refractivity contribution is 5.00. The lowest BCUT2D eigenvalue weighted by atomic mass is 9.84. The molecule has 0 aromatic carbocycles. The van der Waals surface area contributed by atoms with Crippen molar-refractivity contribution in [3.05, 3.63) is 0 Å². The number of aliphatic hydroxyl groups is 6. The molecule has 4 unspecified atom stereocenters. The van der Waals surface area contributed by atoms with Gasteiger partial charge in [0.05, 0.1) is 18.8 Å². The van der Waals surface area contributed by atoms with E-state index in [0.29, 0.717) is 0 Å². The van der Waals surface area contributed by atoms with Crippen molar-refractivity contribution < 1.29 is 40.1 Å². The maximum Gasteiger partial charge on any atom is 0.176 e. The predicted molar refractivity (Wildman–Crippen MR) is 79.2 cm³/mol. The third kappa shape index (κ3) is 3.71. The second-order valence-corrected chi connectivity index (χ2v) is 6.42. The van der Waals surface area contributed by atoms with E-state index in [1.165, 1.54) is 0 Å². The molecule has 0 aromatic rings. The molecule has 0 radical (unpaired) electrons. The molecule has 1 heterocycles. The van der Waals surface area contributed by atoms with Gasteiger partial charge in [-0.2, -0.15) is 0 Å². The van der Waals surface area contributed by atoms with Gasteiger partial charge in [-0.25, -0.2) is 0 Å². The Hall–Kier alpha value is -0.440. The summed E-state index contributed by atoms with van der Waals surface area (Å²) in [6, 6.07) is -2.64. The fourth-order valence-corrected chi connectivity index (χ4v) is 3.08. The summed E-state index contributed by atoms with van der Waals surface area (Å²) in [6.07, 6.45) is -10.7. The van der Waals surface area contributed by atoms with E-state index in [-0.39, 0.29) is 6.42 Å². The van der Waals surface area contributed by atoms with Crippen LogP contribution in [0.1, 0.15) is 6.42 Å². The Labute approximate surface area is 138 Å².